The van der Waals surface area contributed by atoms with E-state index >= 15 is 0 Å². The van der Waals surface area contributed by atoms with Crippen molar-refractivity contribution in [2.24, 2.45) is 11.6 Å². The van der Waals surface area contributed by atoms with E-state index in [1.807, 2.05) is 0 Å². The third-order valence-electron chi connectivity index (χ3n) is 3.35. The molecule has 2 N–H and O–H groups in total. The topological polar surface area (TPSA) is 43.1 Å². The van der Waals surface area contributed by atoms with Crippen LogP contribution in [0.5, 0.6) is 0 Å². The minimum absolute atomic E-state index is 0.0938. The lowest BCUT2D eigenvalue weighted by Crippen LogP contribution is -2.27. The number of amides is 1. The van der Waals surface area contributed by atoms with Gasteiger partial charge in [-0.15, -0.1) is 0 Å². The van der Waals surface area contributed by atoms with E-state index in [9.17, 15) is 4.79 Å². The van der Waals surface area contributed by atoms with Gasteiger partial charge >= 0.3 is 0 Å². The van der Waals surface area contributed by atoms with Gasteiger partial charge in [-0.1, -0.05) is 17.7 Å². The van der Waals surface area contributed by atoms with Crippen molar-refractivity contribution in [3.63, 3.8) is 0 Å². The number of rotatable bonds is 1. The number of benzene rings is 1. The molecule has 1 aromatic rings. The van der Waals surface area contributed by atoms with Gasteiger partial charge in [0.1, 0.15) is 0 Å². The van der Waals surface area contributed by atoms with E-state index in [1.165, 1.54) is 0 Å². The van der Waals surface area contributed by atoms with Crippen molar-refractivity contribution in [2.45, 2.75) is 32.5 Å². The number of hydrogen-bond acceptors (Lipinski definition) is 1. The normalized spacial score (nSPS) is 36.3. The fourth-order valence-electron chi connectivity index (χ4n) is 2.44. The zero-order valence-electron chi connectivity index (χ0n) is 15.9. The molecule has 1 aromatic carbocycles. The highest BCUT2D eigenvalue weighted by Gasteiger charge is 2.33. The smallest absolute Gasteiger partial charge is 0.224 e. The van der Waals surface area contributed by atoms with Crippen molar-refractivity contribution in [3.05, 3.63) is 39.4 Å². The van der Waals surface area contributed by atoms with Gasteiger partial charge in [-0.2, -0.15) is 0 Å². The summed E-state index contributed by atoms with van der Waals surface area (Å²) in [6, 6.07) is 1.59. The van der Waals surface area contributed by atoms with Crippen LogP contribution in [0.3, 0.4) is 0 Å². The van der Waals surface area contributed by atoms with Crippen molar-refractivity contribution < 1.29 is 13.0 Å². The monoisotopic (exact) mass is 267 g/mol. The molecule has 0 bridgehead atoms. The van der Waals surface area contributed by atoms with Gasteiger partial charge in [0.25, 0.3) is 0 Å². The largest absolute Gasteiger partial charge is 0.369 e. The molecular formula is C15H16ClNO. The molecule has 3 heteroatoms. The lowest BCUT2D eigenvalue weighted by Gasteiger charge is -2.22. The fraction of sp³-hybridized carbons (Fsp3) is 0.400. The summed E-state index contributed by atoms with van der Waals surface area (Å²) < 4.78 is 49.4. The molecule has 0 aromatic heterocycles. The van der Waals surface area contributed by atoms with Crippen molar-refractivity contribution in [1.29, 1.82) is 0 Å². The number of carbonyl (C=O) groups excluding carboxylic acids is 1. The quantitative estimate of drug-likeness (QED) is 0.834. The predicted molar refractivity (Wildman–Crippen MR) is 73.3 cm³/mol. The second-order valence-electron chi connectivity index (χ2n) is 4.52. The van der Waals surface area contributed by atoms with Gasteiger partial charge in [-0.05, 0) is 66.4 Å². The molecule has 0 saturated carbocycles. The molecule has 0 saturated heterocycles. The Hall–Kier alpha value is -1.28. The van der Waals surface area contributed by atoms with Gasteiger partial charge in [-0.25, -0.2) is 0 Å². The lowest BCUT2D eigenvalue weighted by molar-refractivity contribution is -0.121. The highest BCUT2D eigenvalue weighted by molar-refractivity contribution is 6.31. The molecule has 2 aliphatic rings. The van der Waals surface area contributed by atoms with E-state index in [-0.39, 0.29) is 34.2 Å². The van der Waals surface area contributed by atoms with Crippen LogP contribution in [-0.2, 0) is 11.2 Å². The summed E-state index contributed by atoms with van der Waals surface area (Å²) in [5.41, 5.74) is 6.80. The van der Waals surface area contributed by atoms with Crippen LogP contribution < -0.4 is 5.73 Å². The molecule has 1 unspecified atom stereocenters. The average molecular weight is 268 g/mol. The van der Waals surface area contributed by atoms with E-state index in [1.54, 1.807) is 13.0 Å². The summed E-state index contributed by atoms with van der Waals surface area (Å²) in [5.74, 6) is -3.06. The molecule has 0 fully saturated rings. The van der Waals surface area contributed by atoms with Gasteiger partial charge in [-0.3, -0.25) is 4.79 Å². The molecule has 1 atom stereocenters. The van der Waals surface area contributed by atoms with Gasteiger partial charge < -0.3 is 5.73 Å². The molecule has 2 aliphatic carbocycles. The Balaban J connectivity index is 2.40. The van der Waals surface area contributed by atoms with Gasteiger partial charge in [0, 0.05) is 11.9 Å². The van der Waals surface area contributed by atoms with Crippen LogP contribution in [0, 0.1) is 12.8 Å². The van der Waals surface area contributed by atoms with Crippen LogP contribution in [0.1, 0.15) is 44.1 Å². The third kappa shape index (κ3) is 1.67. The number of aryl methyl sites for hydroxylation is 1. The number of primary amides is 1. The standard InChI is InChI=1S/C15H16ClNO/c1-8-5-9-6-13-10(12(9)7-14(8)16)3-2-4-11(13)15(17)18/h5,7,11H,2-4,6H2,1H3,(H2,17,18)/i2D2,3D2,7D,11D. The number of allylic oxidation sites excluding steroid dienone is 1. The van der Waals surface area contributed by atoms with Crippen LogP contribution in [0.15, 0.2) is 17.7 Å². The Morgan fingerprint density at radius 2 is 2.50 bits per heavy atom. The predicted octanol–water partition coefficient (Wildman–Crippen LogP) is 3.24. The van der Waals surface area contributed by atoms with Gasteiger partial charge in [0.15, 0.2) is 0 Å². The Morgan fingerprint density at radius 1 is 1.72 bits per heavy atom. The van der Waals surface area contributed by atoms with E-state index < -0.39 is 31.0 Å². The average Bonchev–Trinajstić information content (AvgIpc) is 2.83. The number of hydrogen-bond donors (Lipinski definition) is 1. The molecule has 0 radical (unpaired) electrons. The second-order valence-corrected chi connectivity index (χ2v) is 4.90. The Labute approximate surface area is 120 Å². The summed E-state index contributed by atoms with van der Waals surface area (Å²) >= 11 is 6.13. The van der Waals surface area contributed by atoms with Crippen molar-refractivity contribution in [1.82, 2.24) is 0 Å². The van der Waals surface area contributed by atoms with E-state index in [4.69, 9.17) is 25.6 Å². The molecule has 3 rings (SSSR count). The van der Waals surface area contributed by atoms with Crippen LogP contribution >= 0.6 is 11.6 Å². The summed E-state index contributed by atoms with van der Waals surface area (Å²) in [4.78, 5) is 11.9. The fourth-order valence-corrected chi connectivity index (χ4v) is 2.59. The SMILES string of the molecule is [2H]c1c(Cl)c(C)cc2c1C1=C(C2)C([2H])(C(N)=O)CC([2H])([2H])C1([2H])[2H]. The van der Waals surface area contributed by atoms with E-state index in [0.29, 0.717) is 11.1 Å². The number of fused-ring (bicyclic) bond motifs is 2. The van der Waals surface area contributed by atoms with Crippen LogP contribution in [0.4, 0.5) is 0 Å². The molecule has 0 spiro atoms. The highest BCUT2D eigenvalue weighted by Crippen LogP contribution is 2.45. The molecule has 94 valence electrons. The summed E-state index contributed by atoms with van der Waals surface area (Å²) in [5, 5.41) is 0.152. The van der Waals surface area contributed by atoms with Crippen LogP contribution in [0.25, 0.3) is 5.57 Å². The first-order valence-electron chi connectivity index (χ1n) is 8.67. The first-order chi connectivity index (χ1) is 10.8. The molecule has 18 heavy (non-hydrogen) atoms. The molecule has 2 nitrogen and oxygen atoms in total. The lowest BCUT2D eigenvalue weighted by atomic mass is 9.82. The number of nitrogens with two attached hydrogens (primary N) is 1. The van der Waals surface area contributed by atoms with Crippen molar-refractivity contribution >= 4 is 23.1 Å². The third-order valence-corrected chi connectivity index (χ3v) is 3.74. The Morgan fingerprint density at radius 3 is 3.22 bits per heavy atom. The maximum Gasteiger partial charge on any atom is 0.224 e. The van der Waals surface area contributed by atoms with Gasteiger partial charge in [0.05, 0.1) is 7.26 Å². The first-order valence-corrected chi connectivity index (χ1v) is 6.05. The molecular weight excluding hydrogens is 246 g/mol. The van der Waals surface area contributed by atoms with E-state index in [0.717, 1.165) is 0 Å². The minimum Gasteiger partial charge on any atom is -0.369 e. The Kier molecular flexibility index (Phi) is 1.55. The summed E-state index contributed by atoms with van der Waals surface area (Å²) in [7, 11) is 0. The van der Waals surface area contributed by atoms with Gasteiger partial charge in [0.2, 0.25) is 5.91 Å². The highest BCUT2D eigenvalue weighted by atomic mass is 35.5. The van der Waals surface area contributed by atoms with Crippen LogP contribution in [0.2, 0.25) is 5.02 Å². The summed E-state index contributed by atoms with van der Waals surface area (Å²) in [6.07, 6.45) is -5.50. The minimum atomic E-state index is -2.48. The zero-order chi connectivity index (χ0) is 18.2. The summed E-state index contributed by atoms with van der Waals surface area (Å²) in [6.45, 7) is 1.72. The maximum absolute atomic E-state index is 11.9. The molecule has 1 amide bonds. The molecule has 0 heterocycles. The van der Waals surface area contributed by atoms with E-state index in [2.05, 4.69) is 0 Å². The van der Waals surface area contributed by atoms with Crippen molar-refractivity contribution in [2.75, 3.05) is 0 Å². The first kappa shape index (κ1) is 6.76. The second kappa shape index (κ2) is 4.13. The van der Waals surface area contributed by atoms with Crippen LogP contribution in [-0.4, -0.2) is 5.91 Å². The molecule has 0 aliphatic heterocycles. The number of carbonyl (C=O) groups is 1. The maximum atomic E-state index is 11.9. The Bertz CT molecular complexity index is 819. The number of halogens is 1. The van der Waals surface area contributed by atoms with Crippen molar-refractivity contribution in [3.8, 4) is 0 Å². The zero-order valence-corrected chi connectivity index (χ0v) is 10.6.